The van der Waals surface area contributed by atoms with E-state index in [-0.39, 0.29) is 19.1 Å². The molecule has 0 atom stereocenters. The second-order valence-electron chi connectivity index (χ2n) is 3.60. The number of carbonyl (C=O) groups is 1. The average Bonchev–Trinajstić information content (AvgIpc) is 2.36. The number of amides is 1. The van der Waals surface area contributed by atoms with Crippen molar-refractivity contribution >= 4 is 11.9 Å². The lowest BCUT2D eigenvalue weighted by Gasteiger charge is -2.23. The summed E-state index contributed by atoms with van der Waals surface area (Å²) in [5.41, 5.74) is 0. The Hall–Kier alpha value is -1.69. The third kappa shape index (κ3) is 3.99. The van der Waals surface area contributed by atoms with Crippen molar-refractivity contribution in [2.24, 2.45) is 0 Å². The third-order valence-corrected chi connectivity index (χ3v) is 2.37. The van der Waals surface area contributed by atoms with Crippen LogP contribution in [0.25, 0.3) is 0 Å². The van der Waals surface area contributed by atoms with Gasteiger partial charge < -0.3 is 14.9 Å². The molecule has 0 aromatic carbocycles. The summed E-state index contributed by atoms with van der Waals surface area (Å²) >= 11 is 0. The van der Waals surface area contributed by atoms with Crippen molar-refractivity contribution in [3.63, 3.8) is 0 Å². The minimum absolute atomic E-state index is 0.0227. The van der Waals surface area contributed by atoms with Crippen LogP contribution in [0.3, 0.4) is 0 Å². The summed E-state index contributed by atoms with van der Waals surface area (Å²) in [6.45, 7) is 3.01. The molecule has 1 aromatic heterocycles. The van der Waals surface area contributed by atoms with E-state index >= 15 is 0 Å². The monoisotopic (exact) mass is 238 g/mol. The zero-order chi connectivity index (χ0) is 12.7. The van der Waals surface area contributed by atoms with E-state index in [9.17, 15) is 4.79 Å². The molecule has 0 aliphatic carbocycles. The van der Waals surface area contributed by atoms with Gasteiger partial charge in [-0.3, -0.25) is 4.79 Å². The van der Waals surface area contributed by atoms with Gasteiger partial charge in [0.15, 0.2) is 0 Å². The Labute approximate surface area is 101 Å². The molecular weight excluding hydrogens is 220 g/mol. The van der Waals surface area contributed by atoms with Gasteiger partial charge in [0, 0.05) is 32.5 Å². The highest BCUT2D eigenvalue weighted by Crippen LogP contribution is 2.02. The standard InChI is InChI=1S/C11H18N4O2/c1-3-15(7-8-16)10(17)9-14(2)11-12-5-4-6-13-11/h4-6,16H,3,7-9H2,1-2H3. The van der Waals surface area contributed by atoms with E-state index in [0.29, 0.717) is 19.0 Å². The van der Waals surface area contributed by atoms with Crippen molar-refractivity contribution in [2.75, 3.05) is 38.2 Å². The molecule has 0 radical (unpaired) electrons. The Morgan fingerprint density at radius 3 is 2.59 bits per heavy atom. The number of aliphatic hydroxyl groups excluding tert-OH is 1. The number of anilines is 1. The number of aromatic nitrogens is 2. The topological polar surface area (TPSA) is 69.6 Å². The van der Waals surface area contributed by atoms with E-state index in [4.69, 9.17) is 5.11 Å². The average molecular weight is 238 g/mol. The van der Waals surface area contributed by atoms with Gasteiger partial charge in [0.05, 0.1) is 13.2 Å². The molecule has 0 aliphatic rings. The smallest absolute Gasteiger partial charge is 0.242 e. The maximum Gasteiger partial charge on any atom is 0.242 e. The molecule has 0 fully saturated rings. The molecule has 6 heteroatoms. The van der Waals surface area contributed by atoms with Gasteiger partial charge in [0.1, 0.15) is 0 Å². The Morgan fingerprint density at radius 1 is 1.41 bits per heavy atom. The number of aliphatic hydroxyl groups is 1. The van der Waals surface area contributed by atoms with E-state index in [1.54, 1.807) is 35.3 Å². The normalized spacial score (nSPS) is 10.1. The zero-order valence-electron chi connectivity index (χ0n) is 10.2. The SMILES string of the molecule is CCN(CCO)C(=O)CN(C)c1ncccn1. The summed E-state index contributed by atoms with van der Waals surface area (Å²) in [7, 11) is 1.76. The molecule has 0 aliphatic heterocycles. The predicted octanol–water partition coefficient (Wildman–Crippen LogP) is -0.246. The summed E-state index contributed by atoms with van der Waals surface area (Å²) in [5.74, 6) is 0.470. The lowest BCUT2D eigenvalue weighted by atomic mass is 10.4. The summed E-state index contributed by atoms with van der Waals surface area (Å²) in [5, 5.41) is 8.84. The van der Waals surface area contributed by atoms with E-state index in [1.165, 1.54) is 0 Å². The Bertz CT molecular complexity index is 345. The first-order valence-corrected chi connectivity index (χ1v) is 5.55. The quantitative estimate of drug-likeness (QED) is 0.740. The van der Waals surface area contributed by atoms with Crippen LogP contribution in [0.4, 0.5) is 5.95 Å². The minimum atomic E-state index is -0.0449. The molecule has 1 rings (SSSR count). The van der Waals surface area contributed by atoms with Crippen molar-refractivity contribution < 1.29 is 9.90 Å². The number of rotatable bonds is 6. The lowest BCUT2D eigenvalue weighted by Crippen LogP contribution is -2.40. The van der Waals surface area contributed by atoms with Crippen LogP contribution in [0.5, 0.6) is 0 Å². The van der Waals surface area contributed by atoms with Crippen molar-refractivity contribution in [3.05, 3.63) is 18.5 Å². The van der Waals surface area contributed by atoms with E-state index in [2.05, 4.69) is 9.97 Å². The zero-order valence-corrected chi connectivity index (χ0v) is 10.2. The molecule has 1 heterocycles. The van der Waals surface area contributed by atoms with E-state index in [1.807, 2.05) is 6.92 Å². The molecule has 1 N–H and O–H groups in total. The fraction of sp³-hybridized carbons (Fsp3) is 0.545. The molecule has 0 spiro atoms. The summed E-state index contributed by atoms with van der Waals surface area (Å²) < 4.78 is 0. The predicted molar refractivity (Wildman–Crippen MR) is 64.6 cm³/mol. The fourth-order valence-corrected chi connectivity index (χ4v) is 1.44. The van der Waals surface area contributed by atoms with Crippen LogP contribution in [0.15, 0.2) is 18.5 Å². The van der Waals surface area contributed by atoms with Crippen LogP contribution in [0.1, 0.15) is 6.92 Å². The molecule has 0 saturated heterocycles. The van der Waals surface area contributed by atoms with Gasteiger partial charge in [-0.25, -0.2) is 9.97 Å². The van der Waals surface area contributed by atoms with Crippen LogP contribution in [0, 0.1) is 0 Å². The summed E-state index contributed by atoms with van der Waals surface area (Å²) in [6, 6.07) is 1.73. The van der Waals surface area contributed by atoms with Gasteiger partial charge >= 0.3 is 0 Å². The Balaban J connectivity index is 2.56. The van der Waals surface area contributed by atoms with Crippen LogP contribution in [0.2, 0.25) is 0 Å². The van der Waals surface area contributed by atoms with E-state index < -0.39 is 0 Å². The van der Waals surface area contributed by atoms with Crippen LogP contribution < -0.4 is 4.90 Å². The van der Waals surface area contributed by atoms with Crippen molar-refractivity contribution in [1.29, 1.82) is 0 Å². The van der Waals surface area contributed by atoms with Gasteiger partial charge in [-0.2, -0.15) is 0 Å². The first kappa shape index (κ1) is 13.4. The first-order valence-electron chi connectivity index (χ1n) is 5.55. The molecule has 17 heavy (non-hydrogen) atoms. The second kappa shape index (κ2) is 6.80. The highest BCUT2D eigenvalue weighted by atomic mass is 16.3. The molecule has 0 unspecified atom stereocenters. The highest BCUT2D eigenvalue weighted by molar-refractivity contribution is 5.80. The molecule has 94 valence electrons. The molecule has 1 aromatic rings. The first-order chi connectivity index (χ1) is 8.19. The minimum Gasteiger partial charge on any atom is -0.395 e. The number of nitrogens with zero attached hydrogens (tertiary/aromatic N) is 4. The molecular formula is C11H18N4O2. The lowest BCUT2D eigenvalue weighted by molar-refractivity contribution is -0.130. The van der Waals surface area contributed by atoms with Crippen LogP contribution in [-0.4, -0.2) is 59.2 Å². The van der Waals surface area contributed by atoms with Gasteiger partial charge in [-0.05, 0) is 13.0 Å². The largest absolute Gasteiger partial charge is 0.395 e. The molecule has 6 nitrogen and oxygen atoms in total. The van der Waals surface area contributed by atoms with Crippen molar-refractivity contribution in [2.45, 2.75) is 6.92 Å². The number of hydrogen-bond acceptors (Lipinski definition) is 5. The second-order valence-corrected chi connectivity index (χ2v) is 3.60. The highest BCUT2D eigenvalue weighted by Gasteiger charge is 2.14. The fourth-order valence-electron chi connectivity index (χ4n) is 1.44. The van der Waals surface area contributed by atoms with Gasteiger partial charge in [0.2, 0.25) is 11.9 Å². The number of carbonyl (C=O) groups excluding carboxylic acids is 1. The summed E-state index contributed by atoms with van der Waals surface area (Å²) in [4.78, 5) is 23.3. The maximum absolute atomic E-state index is 11.9. The molecule has 0 saturated carbocycles. The maximum atomic E-state index is 11.9. The van der Waals surface area contributed by atoms with Crippen LogP contribution >= 0.6 is 0 Å². The molecule has 0 bridgehead atoms. The number of likely N-dealkylation sites (N-methyl/N-ethyl adjacent to an activating group) is 2. The van der Waals surface area contributed by atoms with Gasteiger partial charge in [0.25, 0.3) is 0 Å². The summed E-state index contributed by atoms with van der Waals surface area (Å²) in [6.07, 6.45) is 3.27. The van der Waals surface area contributed by atoms with Crippen molar-refractivity contribution in [3.8, 4) is 0 Å². The Morgan fingerprint density at radius 2 is 2.06 bits per heavy atom. The van der Waals surface area contributed by atoms with Gasteiger partial charge in [-0.15, -0.1) is 0 Å². The number of hydrogen-bond donors (Lipinski definition) is 1. The third-order valence-electron chi connectivity index (χ3n) is 2.37. The van der Waals surface area contributed by atoms with Crippen LogP contribution in [-0.2, 0) is 4.79 Å². The Kier molecular flexibility index (Phi) is 5.35. The van der Waals surface area contributed by atoms with E-state index in [0.717, 1.165) is 0 Å². The molecule has 1 amide bonds. The van der Waals surface area contributed by atoms with Crippen molar-refractivity contribution in [1.82, 2.24) is 14.9 Å². The van der Waals surface area contributed by atoms with Gasteiger partial charge in [-0.1, -0.05) is 0 Å².